The first-order valence-corrected chi connectivity index (χ1v) is 14.0. The van der Waals surface area contributed by atoms with Crippen molar-refractivity contribution < 1.29 is 14.7 Å². The predicted molar refractivity (Wildman–Crippen MR) is 149 cm³/mol. The van der Waals surface area contributed by atoms with E-state index in [2.05, 4.69) is 13.0 Å². The molecule has 7 heteroatoms. The first-order valence-electron chi connectivity index (χ1n) is 13.2. The molecular weight excluding hydrogens is 519 g/mol. The minimum Gasteiger partial charge on any atom is -0.481 e. The van der Waals surface area contributed by atoms with Gasteiger partial charge in [0.25, 0.3) is 0 Å². The molecule has 3 aromatic rings. The van der Waals surface area contributed by atoms with Crippen molar-refractivity contribution in [1.82, 2.24) is 9.88 Å². The molecule has 0 spiro atoms. The second-order valence-electron chi connectivity index (χ2n) is 10.9. The van der Waals surface area contributed by atoms with Crippen LogP contribution in [0.15, 0.2) is 66.7 Å². The molecule has 0 unspecified atom stereocenters. The highest BCUT2D eigenvalue weighted by Gasteiger charge is 2.52. The van der Waals surface area contributed by atoms with Crippen molar-refractivity contribution in [2.75, 3.05) is 0 Å². The topological polar surface area (TPSA) is 70.5 Å². The monoisotopic (exact) mass is 550 g/mol. The largest absolute Gasteiger partial charge is 0.481 e. The van der Waals surface area contributed by atoms with Crippen molar-refractivity contribution >= 4 is 35.1 Å². The first-order chi connectivity index (χ1) is 18.2. The van der Waals surface area contributed by atoms with Gasteiger partial charge in [-0.3, -0.25) is 14.6 Å². The van der Waals surface area contributed by atoms with Crippen LogP contribution in [0.3, 0.4) is 0 Å². The van der Waals surface area contributed by atoms with Gasteiger partial charge in [0.15, 0.2) is 0 Å². The Hall–Kier alpha value is -2.89. The van der Waals surface area contributed by atoms with Crippen LogP contribution in [0.1, 0.15) is 92.4 Å². The molecule has 0 radical (unpaired) electrons. The second kappa shape index (κ2) is 10.7. The van der Waals surface area contributed by atoms with Crippen LogP contribution in [0.5, 0.6) is 0 Å². The summed E-state index contributed by atoms with van der Waals surface area (Å²) in [5, 5.41) is 11.1. The average molecular weight is 552 g/mol. The van der Waals surface area contributed by atoms with Crippen LogP contribution in [0, 0.1) is 5.41 Å². The van der Waals surface area contributed by atoms with Crippen LogP contribution < -0.4 is 0 Å². The molecule has 1 saturated carbocycles. The van der Waals surface area contributed by atoms with Crippen molar-refractivity contribution in [3.05, 3.63) is 99.3 Å². The number of aromatic nitrogens is 1. The molecule has 38 heavy (non-hydrogen) atoms. The highest BCUT2D eigenvalue weighted by Crippen LogP contribution is 2.54. The Morgan fingerprint density at radius 1 is 1.05 bits per heavy atom. The van der Waals surface area contributed by atoms with E-state index in [1.807, 2.05) is 65.6 Å². The van der Waals surface area contributed by atoms with Gasteiger partial charge >= 0.3 is 5.97 Å². The highest BCUT2D eigenvalue weighted by atomic mass is 35.5. The molecule has 1 N–H and O–H groups in total. The predicted octanol–water partition coefficient (Wildman–Crippen LogP) is 7.96. The van der Waals surface area contributed by atoms with E-state index in [1.54, 1.807) is 6.92 Å². The van der Waals surface area contributed by atoms with E-state index in [9.17, 15) is 14.7 Å². The van der Waals surface area contributed by atoms with Crippen molar-refractivity contribution in [2.45, 2.75) is 69.9 Å². The van der Waals surface area contributed by atoms with Crippen LogP contribution >= 0.6 is 23.2 Å². The van der Waals surface area contributed by atoms with Gasteiger partial charge in [0.1, 0.15) is 0 Å². The lowest BCUT2D eigenvalue weighted by Gasteiger charge is -2.51. The Morgan fingerprint density at radius 3 is 2.39 bits per heavy atom. The fourth-order valence-corrected chi connectivity index (χ4v) is 6.36. The van der Waals surface area contributed by atoms with Crippen molar-refractivity contribution in [3.63, 3.8) is 0 Å². The zero-order valence-corrected chi connectivity index (χ0v) is 23.1. The Morgan fingerprint density at radius 2 is 1.76 bits per heavy atom. The number of piperidine rings is 1. The number of pyridine rings is 1. The molecule has 1 aliphatic carbocycles. The smallest absolute Gasteiger partial charge is 0.304 e. The molecule has 1 saturated heterocycles. The zero-order valence-electron chi connectivity index (χ0n) is 21.6. The summed E-state index contributed by atoms with van der Waals surface area (Å²) < 4.78 is 0. The van der Waals surface area contributed by atoms with Crippen LogP contribution in [0.2, 0.25) is 10.0 Å². The number of nitrogens with zero attached hydrogens (tertiary/aromatic N) is 2. The van der Waals surface area contributed by atoms with Crippen LogP contribution in [0.4, 0.5) is 0 Å². The van der Waals surface area contributed by atoms with Crippen LogP contribution in [0.25, 0.3) is 0 Å². The molecule has 5 rings (SSSR count). The number of halogens is 2. The van der Waals surface area contributed by atoms with Crippen molar-refractivity contribution in [2.24, 2.45) is 5.41 Å². The Balaban J connectivity index is 1.70. The maximum absolute atomic E-state index is 14.5. The van der Waals surface area contributed by atoms with E-state index in [-0.39, 0.29) is 30.3 Å². The fourth-order valence-electron chi connectivity index (χ4n) is 6.03. The summed E-state index contributed by atoms with van der Waals surface area (Å²) in [7, 11) is 0. The maximum Gasteiger partial charge on any atom is 0.304 e. The van der Waals surface area contributed by atoms with Crippen molar-refractivity contribution in [3.8, 4) is 0 Å². The number of benzene rings is 2. The SMILES string of the molecule is CC[C@@H](c1cccc(C2CC2)n1)N1C(=O)[C@@](C)(CC(=O)O)C[C@H](c2cccc(Cl)c2)[C@H]1c1ccc(Cl)cc1. The number of aliphatic carboxylic acids is 1. The molecule has 2 aromatic carbocycles. The third kappa shape index (κ3) is 5.32. The summed E-state index contributed by atoms with van der Waals surface area (Å²) in [6.45, 7) is 3.84. The molecule has 5 nitrogen and oxygen atoms in total. The second-order valence-corrected chi connectivity index (χ2v) is 11.8. The lowest BCUT2D eigenvalue weighted by molar-refractivity contribution is -0.161. The summed E-state index contributed by atoms with van der Waals surface area (Å²) in [5.74, 6) is -0.855. The van der Waals surface area contributed by atoms with E-state index in [0.717, 1.165) is 35.4 Å². The lowest BCUT2D eigenvalue weighted by Crippen LogP contribution is -2.53. The van der Waals surface area contributed by atoms with Gasteiger partial charge in [0.05, 0.1) is 29.6 Å². The fraction of sp³-hybridized carbons (Fsp3) is 0.387. The summed E-state index contributed by atoms with van der Waals surface area (Å²) in [6.07, 6.45) is 3.04. The average Bonchev–Trinajstić information content (AvgIpc) is 3.73. The summed E-state index contributed by atoms with van der Waals surface area (Å²) in [5.41, 5.74) is 2.73. The normalized spacial score (nSPS) is 24.3. The number of carboxylic acids is 1. The molecule has 4 atom stereocenters. The first kappa shape index (κ1) is 26.7. The number of carbonyl (C=O) groups is 2. The van der Waals surface area contributed by atoms with E-state index < -0.39 is 11.4 Å². The van der Waals surface area contributed by atoms with Gasteiger partial charge < -0.3 is 10.0 Å². The number of carboxylic acid groups (broad SMARTS) is 1. The summed E-state index contributed by atoms with van der Waals surface area (Å²) in [6, 6.07) is 20.7. The molecule has 1 aliphatic heterocycles. The van der Waals surface area contributed by atoms with Gasteiger partial charge in [0.2, 0.25) is 5.91 Å². The number of hydrogen-bond acceptors (Lipinski definition) is 3. The maximum atomic E-state index is 14.5. The Kier molecular flexibility index (Phi) is 7.52. The molecular formula is C31H32Cl2N2O3. The molecule has 2 fully saturated rings. The molecule has 2 aliphatic rings. The van der Waals surface area contributed by atoms with Gasteiger partial charge in [-0.05, 0) is 73.2 Å². The van der Waals surface area contributed by atoms with Gasteiger partial charge in [-0.15, -0.1) is 0 Å². The minimum absolute atomic E-state index is 0.163. The number of likely N-dealkylation sites (tertiary alicyclic amines) is 1. The van der Waals surface area contributed by atoms with Gasteiger partial charge in [-0.1, -0.05) is 67.4 Å². The lowest BCUT2D eigenvalue weighted by atomic mass is 9.67. The van der Waals surface area contributed by atoms with Gasteiger partial charge in [-0.2, -0.15) is 0 Å². The standard InChI is InChI=1S/C31H32Cl2N2O3/c1-3-27(26-9-5-8-25(34-26)19-10-11-19)35-29(20-12-14-22(32)15-13-20)24(21-6-4-7-23(33)16-21)17-31(2,30(35)38)18-28(36)37/h4-9,12-16,19,24,27,29H,3,10-11,17-18H2,1-2H3,(H,36,37)/t24-,27+,29-,31-/m1/s1. The van der Waals surface area contributed by atoms with E-state index in [0.29, 0.717) is 28.8 Å². The van der Waals surface area contributed by atoms with E-state index in [4.69, 9.17) is 28.2 Å². The van der Waals surface area contributed by atoms with Crippen LogP contribution in [-0.2, 0) is 9.59 Å². The molecule has 198 valence electrons. The van der Waals surface area contributed by atoms with Gasteiger partial charge in [0, 0.05) is 27.6 Å². The van der Waals surface area contributed by atoms with Crippen molar-refractivity contribution in [1.29, 1.82) is 0 Å². The Bertz CT molecular complexity index is 1340. The molecule has 2 heterocycles. The number of amides is 1. The zero-order chi connectivity index (χ0) is 27.0. The number of carbonyl (C=O) groups excluding carboxylic acids is 1. The molecule has 1 aromatic heterocycles. The molecule has 0 bridgehead atoms. The van der Waals surface area contributed by atoms with Gasteiger partial charge in [-0.25, -0.2) is 0 Å². The summed E-state index contributed by atoms with van der Waals surface area (Å²) >= 11 is 12.7. The summed E-state index contributed by atoms with van der Waals surface area (Å²) in [4.78, 5) is 33.4. The molecule has 1 amide bonds. The third-order valence-electron chi connectivity index (χ3n) is 7.98. The number of rotatable bonds is 8. The van der Waals surface area contributed by atoms with E-state index in [1.165, 1.54) is 0 Å². The Labute approximate surface area is 233 Å². The quantitative estimate of drug-likeness (QED) is 0.308. The van der Waals surface area contributed by atoms with Crippen LogP contribution in [-0.4, -0.2) is 26.9 Å². The highest BCUT2D eigenvalue weighted by molar-refractivity contribution is 6.30. The number of hydrogen-bond donors (Lipinski definition) is 1. The van der Waals surface area contributed by atoms with E-state index >= 15 is 0 Å². The third-order valence-corrected chi connectivity index (χ3v) is 8.47. The minimum atomic E-state index is -1.09.